The Hall–Kier alpha value is -3.40. The third-order valence-corrected chi connectivity index (χ3v) is 4.53. The Labute approximate surface area is 166 Å². The average molecular weight is 422 g/mol. The molecule has 29 heavy (non-hydrogen) atoms. The molecule has 3 heterocycles. The van der Waals surface area contributed by atoms with Crippen LogP contribution in [-0.4, -0.2) is 34.5 Å². The molecule has 11 heteroatoms. The highest BCUT2D eigenvalue weighted by Crippen LogP contribution is 2.27. The number of aryl methyl sites for hydroxylation is 1. The summed E-state index contributed by atoms with van der Waals surface area (Å²) in [6, 6.07) is 1.83. The number of hydrogen-bond donors (Lipinski definition) is 2. The van der Waals surface area contributed by atoms with Gasteiger partial charge in [0.25, 0.3) is 11.8 Å². The quantitative estimate of drug-likeness (QED) is 0.491. The lowest BCUT2D eigenvalue weighted by molar-refractivity contribution is 0.363. The van der Waals surface area contributed by atoms with Gasteiger partial charge in [-0.05, 0) is 24.6 Å². The number of fused-ring (bicyclic) bond motifs is 1. The summed E-state index contributed by atoms with van der Waals surface area (Å²) in [4.78, 5) is 15.7. The van der Waals surface area contributed by atoms with E-state index in [2.05, 4.69) is 19.9 Å². The van der Waals surface area contributed by atoms with E-state index in [0.29, 0.717) is 11.3 Å². The highest BCUT2D eigenvalue weighted by Gasteiger charge is 2.19. The Morgan fingerprint density at radius 1 is 1.03 bits per heavy atom. The Morgan fingerprint density at radius 2 is 1.72 bits per heavy atom. The fourth-order valence-electron chi connectivity index (χ4n) is 2.81. The summed E-state index contributed by atoms with van der Waals surface area (Å²) in [5.74, 6) is -5.24. The minimum atomic E-state index is -1.37. The molecular weight excluding hydrogens is 411 g/mol. The second-order valence-corrected chi connectivity index (χ2v) is 6.62. The SMILES string of the molecule is Cc1cnc2c(Cc3cc(F)c(Cl)cc3F)nc(-c3nc(O)c(F)c(O)n3)cn12. The van der Waals surface area contributed by atoms with E-state index in [1.807, 2.05) is 0 Å². The highest BCUT2D eigenvalue weighted by molar-refractivity contribution is 6.30. The van der Waals surface area contributed by atoms with E-state index in [1.165, 1.54) is 6.20 Å². The van der Waals surface area contributed by atoms with Gasteiger partial charge in [0.1, 0.15) is 17.3 Å². The van der Waals surface area contributed by atoms with Crippen LogP contribution in [-0.2, 0) is 6.42 Å². The van der Waals surface area contributed by atoms with Gasteiger partial charge in [0.15, 0.2) is 11.5 Å². The van der Waals surface area contributed by atoms with Crippen LogP contribution in [0.2, 0.25) is 5.02 Å². The zero-order valence-electron chi connectivity index (χ0n) is 14.7. The molecule has 0 atom stereocenters. The molecule has 0 aliphatic heterocycles. The summed E-state index contributed by atoms with van der Waals surface area (Å²) in [6.07, 6.45) is 2.86. The zero-order valence-corrected chi connectivity index (χ0v) is 15.4. The number of aromatic nitrogens is 5. The molecule has 0 aliphatic carbocycles. The molecule has 0 saturated carbocycles. The molecule has 0 fully saturated rings. The van der Waals surface area contributed by atoms with Crippen molar-refractivity contribution >= 4 is 17.2 Å². The molecule has 148 valence electrons. The summed E-state index contributed by atoms with van der Waals surface area (Å²) in [5, 5.41) is 18.7. The molecule has 0 spiro atoms. The molecule has 2 N–H and O–H groups in total. The summed E-state index contributed by atoms with van der Waals surface area (Å²) in [7, 11) is 0. The fraction of sp³-hybridized carbons (Fsp3) is 0.111. The Morgan fingerprint density at radius 3 is 2.41 bits per heavy atom. The van der Waals surface area contributed by atoms with Crippen LogP contribution in [0.25, 0.3) is 17.2 Å². The van der Waals surface area contributed by atoms with Crippen LogP contribution in [0.4, 0.5) is 13.2 Å². The molecule has 0 aliphatic rings. The van der Waals surface area contributed by atoms with Crippen LogP contribution < -0.4 is 0 Å². The van der Waals surface area contributed by atoms with Crippen molar-refractivity contribution in [3.8, 4) is 23.3 Å². The zero-order chi connectivity index (χ0) is 20.9. The van der Waals surface area contributed by atoms with E-state index in [4.69, 9.17) is 11.6 Å². The molecule has 0 amide bonds. The van der Waals surface area contributed by atoms with Gasteiger partial charge in [-0.15, -0.1) is 0 Å². The molecule has 0 radical (unpaired) electrons. The van der Waals surface area contributed by atoms with E-state index in [1.54, 1.807) is 17.5 Å². The molecular formula is C18H11ClF3N5O2. The number of aromatic hydroxyl groups is 2. The van der Waals surface area contributed by atoms with E-state index in [0.717, 1.165) is 12.1 Å². The van der Waals surface area contributed by atoms with Crippen LogP contribution in [0.5, 0.6) is 11.8 Å². The molecule has 4 aromatic rings. The molecule has 1 aromatic carbocycles. The van der Waals surface area contributed by atoms with Gasteiger partial charge in [0.05, 0.1) is 10.7 Å². The molecule has 3 aromatic heterocycles. The predicted octanol–water partition coefficient (Wildman–Crippen LogP) is 3.57. The van der Waals surface area contributed by atoms with Gasteiger partial charge in [-0.1, -0.05) is 11.6 Å². The van der Waals surface area contributed by atoms with E-state index < -0.39 is 29.2 Å². The van der Waals surface area contributed by atoms with Gasteiger partial charge in [-0.25, -0.2) is 18.7 Å². The first-order valence-electron chi connectivity index (χ1n) is 8.17. The third kappa shape index (κ3) is 3.31. The maximum atomic E-state index is 14.3. The summed E-state index contributed by atoms with van der Waals surface area (Å²) in [6.45, 7) is 1.75. The lowest BCUT2D eigenvalue weighted by Crippen LogP contribution is -2.05. The first-order chi connectivity index (χ1) is 13.7. The van der Waals surface area contributed by atoms with Gasteiger partial charge < -0.3 is 14.6 Å². The number of nitrogens with zero attached hydrogens (tertiary/aromatic N) is 5. The monoisotopic (exact) mass is 421 g/mol. The van der Waals surface area contributed by atoms with Crippen molar-refractivity contribution < 1.29 is 23.4 Å². The average Bonchev–Trinajstić information content (AvgIpc) is 3.05. The predicted molar refractivity (Wildman–Crippen MR) is 96.2 cm³/mol. The minimum Gasteiger partial charge on any atom is -0.491 e. The van der Waals surface area contributed by atoms with Crippen molar-refractivity contribution in [2.75, 3.05) is 0 Å². The fourth-order valence-corrected chi connectivity index (χ4v) is 2.96. The van der Waals surface area contributed by atoms with E-state index in [9.17, 15) is 23.4 Å². The normalized spacial score (nSPS) is 11.3. The summed E-state index contributed by atoms with van der Waals surface area (Å²) in [5.41, 5.74) is 1.33. The third-order valence-electron chi connectivity index (χ3n) is 4.24. The Kier molecular flexibility index (Phi) is 4.50. The maximum Gasteiger partial charge on any atom is 0.255 e. The standard InChI is InChI=1S/C18H11ClF3N5O2/c1-7-5-23-16-12(3-8-2-11(21)9(19)4-10(8)20)24-13(6-27(7)16)15-25-17(28)14(22)18(29)26-15/h2,4-6H,3H2,1H3,(H2,25,26,28,29). The van der Waals surface area contributed by atoms with Gasteiger partial charge in [0.2, 0.25) is 5.82 Å². The van der Waals surface area contributed by atoms with Gasteiger partial charge in [0, 0.05) is 24.5 Å². The smallest absolute Gasteiger partial charge is 0.255 e. The minimum absolute atomic E-state index is 0.00942. The van der Waals surface area contributed by atoms with Crippen molar-refractivity contribution in [1.82, 2.24) is 24.3 Å². The van der Waals surface area contributed by atoms with Crippen molar-refractivity contribution in [2.45, 2.75) is 13.3 Å². The summed E-state index contributed by atoms with van der Waals surface area (Å²) >= 11 is 5.59. The number of imidazole rings is 1. The first-order valence-corrected chi connectivity index (χ1v) is 8.55. The summed E-state index contributed by atoms with van der Waals surface area (Å²) < 4.78 is 43.1. The number of hydrogen-bond acceptors (Lipinski definition) is 6. The van der Waals surface area contributed by atoms with Crippen molar-refractivity contribution in [2.24, 2.45) is 0 Å². The van der Waals surface area contributed by atoms with Crippen LogP contribution in [0.1, 0.15) is 17.0 Å². The lowest BCUT2D eigenvalue weighted by Gasteiger charge is -2.10. The second kappa shape index (κ2) is 6.89. The van der Waals surface area contributed by atoms with Crippen LogP contribution in [0.15, 0.2) is 24.5 Å². The second-order valence-electron chi connectivity index (χ2n) is 6.21. The number of benzene rings is 1. The van der Waals surface area contributed by atoms with Crippen molar-refractivity contribution in [3.05, 3.63) is 64.0 Å². The molecule has 0 bridgehead atoms. The van der Waals surface area contributed by atoms with Crippen LogP contribution >= 0.6 is 11.6 Å². The van der Waals surface area contributed by atoms with Crippen LogP contribution in [0, 0.1) is 24.4 Å². The number of halogens is 4. The van der Waals surface area contributed by atoms with Crippen molar-refractivity contribution in [1.29, 1.82) is 0 Å². The van der Waals surface area contributed by atoms with E-state index >= 15 is 0 Å². The highest BCUT2D eigenvalue weighted by atomic mass is 35.5. The van der Waals surface area contributed by atoms with Crippen molar-refractivity contribution in [3.63, 3.8) is 0 Å². The van der Waals surface area contributed by atoms with Gasteiger partial charge >= 0.3 is 0 Å². The van der Waals surface area contributed by atoms with Gasteiger partial charge in [-0.2, -0.15) is 14.4 Å². The number of rotatable bonds is 3. The molecule has 0 unspecified atom stereocenters. The molecule has 7 nitrogen and oxygen atoms in total. The van der Waals surface area contributed by atoms with Crippen LogP contribution in [0.3, 0.4) is 0 Å². The Balaban J connectivity index is 1.90. The topological polar surface area (TPSA) is 96.4 Å². The van der Waals surface area contributed by atoms with E-state index in [-0.39, 0.29) is 34.2 Å². The lowest BCUT2D eigenvalue weighted by atomic mass is 10.1. The molecule has 0 saturated heterocycles. The Bertz CT molecular complexity index is 1260. The maximum absolute atomic E-state index is 14.3. The molecule has 4 rings (SSSR count). The first kappa shape index (κ1) is 18.9. The van der Waals surface area contributed by atoms with Gasteiger partial charge in [-0.3, -0.25) is 0 Å². The largest absolute Gasteiger partial charge is 0.491 e.